The molecule has 1 atom stereocenters. The Morgan fingerprint density at radius 1 is 1.47 bits per heavy atom. The van der Waals surface area contributed by atoms with Gasteiger partial charge < -0.3 is 4.42 Å². The number of hydrogen-bond donors (Lipinski definition) is 0. The van der Waals surface area contributed by atoms with Crippen molar-refractivity contribution >= 4 is 28.2 Å². The fourth-order valence-corrected chi connectivity index (χ4v) is 1.74. The van der Waals surface area contributed by atoms with Gasteiger partial charge in [0, 0.05) is 17.8 Å². The lowest BCUT2D eigenvalue weighted by Crippen LogP contribution is -2.19. The van der Waals surface area contributed by atoms with Crippen LogP contribution in [-0.2, 0) is 11.0 Å². The summed E-state index contributed by atoms with van der Waals surface area (Å²) >= 11 is 0. The van der Waals surface area contributed by atoms with Crippen molar-refractivity contribution in [3.05, 3.63) is 30.3 Å². The van der Waals surface area contributed by atoms with E-state index in [1.807, 2.05) is 26.8 Å². The topological polar surface area (TPSA) is 55.5 Å². The molecule has 0 aromatic carbocycles. The summed E-state index contributed by atoms with van der Waals surface area (Å²) in [6, 6.07) is 3.61. The van der Waals surface area contributed by atoms with Crippen molar-refractivity contribution in [3.8, 4) is 0 Å². The summed E-state index contributed by atoms with van der Waals surface area (Å²) in [4.78, 5) is 4.00. The van der Waals surface area contributed by atoms with Crippen LogP contribution in [-0.4, -0.2) is 20.2 Å². The lowest BCUT2D eigenvalue weighted by molar-refractivity contribution is 0.607. The molecule has 0 fully saturated rings. The highest BCUT2D eigenvalue weighted by molar-refractivity contribution is 7.85. The van der Waals surface area contributed by atoms with E-state index in [1.165, 1.54) is 6.21 Å². The van der Waals surface area contributed by atoms with Gasteiger partial charge in [0.2, 0.25) is 0 Å². The quantitative estimate of drug-likeness (QED) is 0.770. The van der Waals surface area contributed by atoms with Gasteiger partial charge in [0.05, 0.1) is 11.0 Å². The summed E-state index contributed by atoms with van der Waals surface area (Å²) in [5.41, 5.74) is 0.753. The van der Waals surface area contributed by atoms with Gasteiger partial charge in [0.15, 0.2) is 0 Å². The second-order valence-corrected chi connectivity index (χ2v) is 6.59. The van der Waals surface area contributed by atoms with Gasteiger partial charge in [-0.05, 0) is 32.9 Å². The Bertz CT molecular complexity index is 548. The van der Waals surface area contributed by atoms with Crippen molar-refractivity contribution < 1.29 is 8.63 Å². The third kappa shape index (κ3) is 2.79. The summed E-state index contributed by atoms with van der Waals surface area (Å²) in [5, 5.41) is 0.912. The first kappa shape index (κ1) is 12.0. The molecule has 0 unspecified atom stereocenters. The van der Waals surface area contributed by atoms with Gasteiger partial charge in [0.1, 0.15) is 22.3 Å². The molecule has 0 saturated carbocycles. The fraction of sp³-hybridized carbons (Fsp3) is 0.333. The van der Waals surface area contributed by atoms with Crippen molar-refractivity contribution in [2.45, 2.75) is 25.5 Å². The standard InChI is InChI=1S/C12H14N2O2S/c1-12(2,3)17(15)14-8-10-6-9-7-13-5-4-11(9)16-10/h4-8H,1-3H3/t17-/m0/s1. The van der Waals surface area contributed by atoms with E-state index in [0.717, 1.165) is 11.0 Å². The number of rotatable bonds is 2. The molecule has 2 aromatic rings. The molecule has 0 aliphatic rings. The monoisotopic (exact) mass is 250 g/mol. The van der Waals surface area contributed by atoms with Gasteiger partial charge in [-0.1, -0.05) is 0 Å². The zero-order chi connectivity index (χ0) is 12.5. The second kappa shape index (κ2) is 4.41. The molecule has 0 aliphatic heterocycles. The molecule has 2 heterocycles. The number of furan rings is 1. The molecule has 90 valence electrons. The highest BCUT2D eigenvalue weighted by atomic mass is 32.2. The molecule has 0 radical (unpaired) electrons. The molecule has 0 amide bonds. The van der Waals surface area contributed by atoms with Crippen LogP contribution in [0, 0.1) is 0 Å². The summed E-state index contributed by atoms with van der Waals surface area (Å²) in [6.45, 7) is 5.63. The van der Waals surface area contributed by atoms with E-state index >= 15 is 0 Å². The minimum atomic E-state index is -1.27. The van der Waals surface area contributed by atoms with E-state index in [-0.39, 0.29) is 4.75 Å². The van der Waals surface area contributed by atoms with Crippen molar-refractivity contribution in [1.82, 2.24) is 4.98 Å². The molecular weight excluding hydrogens is 236 g/mol. The first-order chi connectivity index (χ1) is 7.97. The van der Waals surface area contributed by atoms with Crippen LogP contribution < -0.4 is 0 Å². The van der Waals surface area contributed by atoms with Crippen LogP contribution in [0.5, 0.6) is 0 Å². The molecule has 0 saturated heterocycles. The van der Waals surface area contributed by atoms with Crippen LogP contribution in [0.3, 0.4) is 0 Å². The maximum absolute atomic E-state index is 11.7. The Hall–Kier alpha value is -1.49. The summed E-state index contributed by atoms with van der Waals surface area (Å²) in [6.07, 6.45) is 4.89. The van der Waals surface area contributed by atoms with Crippen LogP contribution in [0.4, 0.5) is 0 Å². The number of nitrogens with zero attached hydrogens (tertiary/aromatic N) is 2. The number of aromatic nitrogens is 1. The lowest BCUT2D eigenvalue weighted by atomic mass is 10.3. The Morgan fingerprint density at radius 2 is 2.24 bits per heavy atom. The average Bonchev–Trinajstić information content (AvgIpc) is 2.66. The van der Waals surface area contributed by atoms with Crippen molar-refractivity contribution in [2.24, 2.45) is 4.40 Å². The zero-order valence-corrected chi connectivity index (χ0v) is 10.8. The Balaban J connectivity index is 2.24. The Morgan fingerprint density at radius 3 is 2.88 bits per heavy atom. The van der Waals surface area contributed by atoms with Gasteiger partial charge >= 0.3 is 0 Å². The minimum absolute atomic E-state index is 0.357. The number of pyridine rings is 1. The highest BCUT2D eigenvalue weighted by Crippen LogP contribution is 2.17. The van der Waals surface area contributed by atoms with Crippen LogP contribution in [0.25, 0.3) is 11.0 Å². The van der Waals surface area contributed by atoms with Gasteiger partial charge in [-0.2, -0.15) is 4.40 Å². The predicted octanol–water partition coefficient (Wildman–Crippen LogP) is 2.71. The highest BCUT2D eigenvalue weighted by Gasteiger charge is 2.18. The number of hydrogen-bond acceptors (Lipinski definition) is 3. The Kier molecular flexibility index (Phi) is 3.11. The maximum Gasteiger partial charge on any atom is 0.147 e. The van der Waals surface area contributed by atoms with E-state index < -0.39 is 11.0 Å². The zero-order valence-electron chi connectivity index (χ0n) is 10.0. The van der Waals surface area contributed by atoms with Crippen LogP contribution in [0.15, 0.2) is 33.3 Å². The largest absolute Gasteiger partial charge is 0.455 e. The van der Waals surface area contributed by atoms with Crippen molar-refractivity contribution in [3.63, 3.8) is 0 Å². The SMILES string of the molecule is CC(C)(C)[S@](=O)N=Cc1cc2cnccc2o1. The van der Waals surface area contributed by atoms with E-state index in [2.05, 4.69) is 9.38 Å². The fourth-order valence-electron chi connectivity index (χ4n) is 1.23. The Labute approximate surface area is 102 Å². The smallest absolute Gasteiger partial charge is 0.147 e. The average molecular weight is 250 g/mol. The number of fused-ring (bicyclic) bond motifs is 1. The third-order valence-corrected chi connectivity index (χ3v) is 3.48. The molecule has 4 nitrogen and oxygen atoms in total. The van der Waals surface area contributed by atoms with Crippen molar-refractivity contribution in [2.75, 3.05) is 0 Å². The first-order valence-electron chi connectivity index (χ1n) is 5.26. The molecule has 0 spiro atoms. The van der Waals surface area contributed by atoms with E-state index in [4.69, 9.17) is 4.42 Å². The molecule has 5 heteroatoms. The lowest BCUT2D eigenvalue weighted by Gasteiger charge is -2.12. The molecule has 2 rings (SSSR count). The van der Waals surface area contributed by atoms with E-state index in [1.54, 1.807) is 18.5 Å². The minimum Gasteiger partial charge on any atom is -0.455 e. The summed E-state index contributed by atoms with van der Waals surface area (Å²) in [5.74, 6) is 0.589. The van der Waals surface area contributed by atoms with Gasteiger partial charge in [-0.15, -0.1) is 0 Å². The van der Waals surface area contributed by atoms with Crippen molar-refractivity contribution in [1.29, 1.82) is 0 Å². The van der Waals surface area contributed by atoms with Crippen LogP contribution in [0.1, 0.15) is 26.5 Å². The molecule has 2 aromatic heterocycles. The van der Waals surface area contributed by atoms with Crippen LogP contribution >= 0.6 is 0 Å². The van der Waals surface area contributed by atoms with Gasteiger partial charge in [0.25, 0.3) is 0 Å². The molecule has 0 bridgehead atoms. The molecule has 17 heavy (non-hydrogen) atoms. The summed E-state index contributed by atoms with van der Waals surface area (Å²) < 4.78 is 20.9. The molecule has 0 aliphatic carbocycles. The molecule has 0 N–H and O–H groups in total. The molecular formula is C12H14N2O2S. The first-order valence-corrected chi connectivity index (χ1v) is 6.37. The van der Waals surface area contributed by atoms with Gasteiger partial charge in [-0.3, -0.25) is 4.98 Å². The second-order valence-electron chi connectivity index (χ2n) is 4.66. The van der Waals surface area contributed by atoms with E-state index in [0.29, 0.717) is 5.76 Å². The van der Waals surface area contributed by atoms with E-state index in [9.17, 15) is 4.21 Å². The maximum atomic E-state index is 11.7. The predicted molar refractivity (Wildman–Crippen MR) is 69.5 cm³/mol. The third-order valence-electron chi connectivity index (χ3n) is 2.14. The van der Waals surface area contributed by atoms with Crippen LogP contribution in [0.2, 0.25) is 0 Å². The van der Waals surface area contributed by atoms with Gasteiger partial charge in [-0.25, -0.2) is 4.21 Å². The summed E-state index contributed by atoms with van der Waals surface area (Å²) in [7, 11) is -1.27. The normalized spacial score (nSPS) is 14.5.